The third kappa shape index (κ3) is 1.48. The molecule has 20 heavy (non-hydrogen) atoms. The van der Waals surface area contributed by atoms with Crippen molar-refractivity contribution < 1.29 is 0 Å². The van der Waals surface area contributed by atoms with Crippen molar-refractivity contribution in [2.75, 3.05) is 18.8 Å². The molecule has 2 fully saturated rings. The van der Waals surface area contributed by atoms with Gasteiger partial charge in [0.1, 0.15) is 5.52 Å². The molecular formula is C14H22N6. The van der Waals surface area contributed by atoms with Gasteiger partial charge in [-0.25, -0.2) is 4.98 Å². The van der Waals surface area contributed by atoms with E-state index in [1.54, 1.807) is 0 Å². The summed E-state index contributed by atoms with van der Waals surface area (Å²) in [5.41, 5.74) is 9.38. The van der Waals surface area contributed by atoms with E-state index in [4.69, 9.17) is 5.73 Å². The van der Waals surface area contributed by atoms with Crippen LogP contribution in [0.4, 0.5) is 5.95 Å². The van der Waals surface area contributed by atoms with Crippen molar-refractivity contribution in [2.45, 2.75) is 44.7 Å². The zero-order chi connectivity index (χ0) is 13.9. The number of aryl methyl sites for hydroxylation is 2. The maximum absolute atomic E-state index is 6.25. The summed E-state index contributed by atoms with van der Waals surface area (Å²) in [4.78, 5) is 7.21. The number of nitrogens with two attached hydrogens (primary N) is 1. The van der Waals surface area contributed by atoms with Crippen LogP contribution in [0.25, 0.3) is 11.2 Å². The van der Waals surface area contributed by atoms with Gasteiger partial charge in [-0.3, -0.25) is 14.1 Å². The Morgan fingerprint density at radius 2 is 2.10 bits per heavy atom. The quantitative estimate of drug-likeness (QED) is 0.897. The van der Waals surface area contributed by atoms with E-state index in [2.05, 4.69) is 26.5 Å². The lowest BCUT2D eigenvalue weighted by Crippen LogP contribution is -2.28. The van der Waals surface area contributed by atoms with E-state index >= 15 is 0 Å². The normalized spacial score (nSPS) is 26.7. The van der Waals surface area contributed by atoms with Crippen molar-refractivity contribution in [1.82, 2.24) is 24.2 Å². The van der Waals surface area contributed by atoms with Crippen LogP contribution in [0.3, 0.4) is 0 Å². The molecule has 6 heteroatoms. The molecule has 4 rings (SSSR count). The molecule has 6 nitrogen and oxygen atoms in total. The van der Waals surface area contributed by atoms with Crippen LogP contribution in [0.15, 0.2) is 0 Å². The van der Waals surface area contributed by atoms with E-state index in [1.807, 2.05) is 11.7 Å². The second-order valence-electron chi connectivity index (χ2n) is 6.04. The summed E-state index contributed by atoms with van der Waals surface area (Å²) in [5.74, 6) is 0.654. The number of nitrogen functional groups attached to an aromatic ring is 1. The Bertz CT molecular complexity index is 654. The minimum atomic E-state index is 0.461. The van der Waals surface area contributed by atoms with E-state index in [0.717, 1.165) is 23.3 Å². The number of anilines is 1. The molecule has 0 saturated carbocycles. The summed E-state index contributed by atoms with van der Waals surface area (Å²) in [6.45, 7) is 4.54. The molecule has 0 aliphatic carbocycles. The Morgan fingerprint density at radius 3 is 2.90 bits per heavy atom. The van der Waals surface area contributed by atoms with Gasteiger partial charge in [-0.05, 0) is 32.2 Å². The average molecular weight is 274 g/mol. The van der Waals surface area contributed by atoms with Crippen LogP contribution in [0.1, 0.15) is 37.9 Å². The zero-order valence-electron chi connectivity index (χ0n) is 12.2. The SMILES string of the molecule is CCc1nn(C)c2c1nc(N)n2C1CCN2CCCC12. The van der Waals surface area contributed by atoms with Gasteiger partial charge in [-0.2, -0.15) is 5.10 Å². The summed E-state index contributed by atoms with van der Waals surface area (Å²) < 4.78 is 4.20. The predicted molar refractivity (Wildman–Crippen MR) is 78.5 cm³/mol. The van der Waals surface area contributed by atoms with Crippen molar-refractivity contribution in [3.63, 3.8) is 0 Å². The van der Waals surface area contributed by atoms with E-state index in [0.29, 0.717) is 18.0 Å². The highest BCUT2D eigenvalue weighted by molar-refractivity contribution is 5.78. The number of nitrogens with zero attached hydrogens (tertiary/aromatic N) is 5. The fourth-order valence-corrected chi connectivity index (χ4v) is 4.14. The first kappa shape index (κ1) is 12.2. The van der Waals surface area contributed by atoms with E-state index in [1.165, 1.54) is 32.4 Å². The summed E-state index contributed by atoms with van der Waals surface area (Å²) in [6.07, 6.45) is 4.66. The Morgan fingerprint density at radius 1 is 1.25 bits per heavy atom. The Balaban J connectivity index is 1.87. The first-order valence-electron chi connectivity index (χ1n) is 7.64. The third-order valence-corrected chi connectivity index (χ3v) is 5.00. The molecule has 2 aliphatic heterocycles. The van der Waals surface area contributed by atoms with Gasteiger partial charge in [0.25, 0.3) is 0 Å². The van der Waals surface area contributed by atoms with Gasteiger partial charge in [-0.15, -0.1) is 0 Å². The topological polar surface area (TPSA) is 64.9 Å². The van der Waals surface area contributed by atoms with E-state index in [9.17, 15) is 0 Å². The van der Waals surface area contributed by atoms with Crippen molar-refractivity contribution in [3.8, 4) is 0 Å². The smallest absolute Gasteiger partial charge is 0.202 e. The summed E-state index contributed by atoms with van der Waals surface area (Å²) in [7, 11) is 2.00. The highest BCUT2D eigenvalue weighted by Gasteiger charge is 2.40. The van der Waals surface area contributed by atoms with Crippen LogP contribution in [0.5, 0.6) is 0 Å². The zero-order valence-corrected chi connectivity index (χ0v) is 12.2. The van der Waals surface area contributed by atoms with Gasteiger partial charge in [0, 0.05) is 19.6 Å². The maximum atomic E-state index is 6.25. The van der Waals surface area contributed by atoms with Crippen LogP contribution in [-0.2, 0) is 13.5 Å². The van der Waals surface area contributed by atoms with Gasteiger partial charge in [0.05, 0.1) is 11.7 Å². The molecule has 2 saturated heterocycles. The lowest BCUT2D eigenvalue weighted by Gasteiger charge is -2.22. The van der Waals surface area contributed by atoms with Crippen LogP contribution in [0.2, 0.25) is 0 Å². The maximum Gasteiger partial charge on any atom is 0.202 e. The van der Waals surface area contributed by atoms with Gasteiger partial charge in [0.2, 0.25) is 5.95 Å². The Labute approximate surface area is 118 Å². The molecule has 0 radical (unpaired) electrons. The van der Waals surface area contributed by atoms with Crippen molar-refractivity contribution in [1.29, 1.82) is 0 Å². The van der Waals surface area contributed by atoms with Crippen LogP contribution >= 0.6 is 0 Å². The lowest BCUT2D eigenvalue weighted by atomic mass is 10.1. The highest BCUT2D eigenvalue weighted by Crippen LogP contribution is 2.39. The molecule has 2 unspecified atom stereocenters. The minimum Gasteiger partial charge on any atom is -0.369 e. The predicted octanol–water partition coefficient (Wildman–Crippen LogP) is 1.32. The summed E-state index contributed by atoms with van der Waals surface area (Å²) >= 11 is 0. The van der Waals surface area contributed by atoms with Crippen LogP contribution in [-0.4, -0.2) is 43.4 Å². The van der Waals surface area contributed by atoms with Gasteiger partial charge in [-0.1, -0.05) is 6.92 Å². The number of fused-ring (bicyclic) bond motifs is 2. The molecule has 2 aliphatic rings. The summed E-state index contributed by atoms with van der Waals surface area (Å²) in [5, 5.41) is 4.59. The second kappa shape index (κ2) is 4.22. The molecule has 0 spiro atoms. The first-order valence-corrected chi connectivity index (χ1v) is 7.64. The average Bonchev–Trinajstić information content (AvgIpc) is 3.12. The monoisotopic (exact) mass is 274 g/mol. The third-order valence-electron chi connectivity index (χ3n) is 5.00. The van der Waals surface area contributed by atoms with E-state index in [-0.39, 0.29) is 0 Å². The molecule has 0 bridgehead atoms. The van der Waals surface area contributed by atoms with Crippen molar-refractivity contribution in [3.05, 3.63) is 5.69 Å². The molecule has 2 atom stereocenters. The standard InChI is InChI=1S/C14H22N6/c1-3-9-12-13(18(2)17-9)20(14(15)16-12)11-6-8-19-7-4-5-10(11)19/h10-11H,3-8H2,1-2H3,(H2,15,16). The fraction of sp³-hybridized carbons (Fsp3) is 0.714. The first-order chi connectivity index (χ1) is 9.70. The Kier molecular flexibility index (Phi) is 2.57. The highest BCUT2D eigenvalue weighted by atomic mass is 15.4. The summed E-state index contributed by atoms with van der Waals surface area (Å²) in [6, 6.07) is 1.09. The van der Waals surface area contributed by atoms with Gasteiger partial charge >= 0.3 is 0 Å². The Hall–Kier alpha value is -1.56. The molecule has 0 amide bonds. The fourth-order valence-electron chi connectivity index (χ4n) is 4.14. The number of hydrogen-bond acceptors (Lipinski definition) is 4. The number of aromatic nitrogens is 4. The molecule has 2 aromatic rings. The van der Waals surface area contributed by atoms with Crippen molar-refractivity contribution >= 4 is 17.1 Å². The van der Waals surface area contributed by atoms with Gasteiger partial charge in [0.15, 0.2) is 5.65 Å². The molecule has 0 aromatic carbocycles. The van der Waals surface area contributed by atoms with E-state index < -0.39 is 0 Å². The second-order valence-corrected chi connectivity index (χ2v) is 6.04. The van der Waals surface area contributed by atoms with Crippen molar-refractivity contribution in [2.24, 2.45) is 7.05 Å². The van der Waals surface area contributed by atoms with Crippen LogP contribution in [0, 0.1) is 0 Å². The lowest BCUT2D eigenvalue weighted by molar-refractivity contribution is 0.292. The molecule has 4 heterocycles. The van der Waals surface area contributed by atoms with Crippen LogP contribution < -0.4 is 5.73 Å². The number of rotatable bonds is 2. The minimum absolute atomic E-state index is 0.461. The molecule has 2 aromatic heterocycles. The number of hydrogen-bond donors (Lipinski definition) is 1. The molecular weight excluding hydrogens is 252 g/mol. The molecule has 108 valence electrons. The number of imidazole rings is 1. The van der Waals surface area contributed by atoms with Gasteiger partial charge < -0.3 is 5.73 Å². The molecule has 2 N–H and O–H groups in total. The largest absolute Gasteiger partial charge is 0.369 e.